The molecule has 2 nitrogen and oxygen atoms in total. The van der Waals surface area contributed by atoms with Crippen molar-refractivity contribution < 1.29 is 4.79 Å². The monoisotopic (exact) mass is 231 g/mol. The molecule has 0 spiro atoms. The Balaban J connectivity index is 2.38. The Morgan fingerprint density at radius 2 is 2.12 bits per heavy atom. The molecule has 1 aromatic heterocycles. The van der Waals surface area contributed by atoms with Crippen LogP contribution in [0.2, 0.25) is 0 Å². The van der Waals surface area contributed by atoms with Crippen LogP contribution in [0.15, 0.2) is 30.1 Å². The zero-order valence-electron chi connectivity index (χ0n) is 10.6. The molecule has 17 heavy (non-hydrogen) atoms. The molecule has 0 unspecified atom stereocenters. The molecule has 0 N–H and O–H groups in total. The second kappa shape index (κ2) is 8.68. The van der Waals surface area contributed by atoms with E-state index in [1.165, 1.54) is 25.7 Å². The molecule has 0 radical (unpaired) electrons. The molecular formula is C15H21NO. The molecule has 1 heterocycles. The summed E-state index contributed by atoms with van der Waals surface area (Å²) in [5.74, 6) is 0. The fourth-order valence-corrected chi connectivity index (χ4v) is 1.77. The number of hydrogen-bond acceptors (Lipinski definition) is 2. The van der Waals surface area contributed by atoms with Gasteiger partial charge in [0.15, 0.2) is 0 Å². The molecule has 0 aromatic carbocycles. The standard InChI is InChI=1S/C15H21NO/c1-2-3-4-5-6-8-15(13-17)11-14-9-7-10-16-12-14/h7,9-13H,2-6,8H2,1H3/b15-11+. The average Bonchev–Trinajstić information content (AvgIpc) is 2.38. The Bertz CT molecular complexity index is 343. The molecule has 0 aliphatic rings. The van der Waals surface area contributed by atoms with Gasteiger partial charge in [-0.05, 0) is 36.1 Å². The van der Waals surface area contributed by atoms with Crippen LogP contribution in [0.5, 0.6) is 0 Å². The van der Waals surface area contributed by atoms with Gasteiger partial charge in [0, 0.05) is 12.4 Å². The highest BCUT2D eigenvalue weighted by molar-refractivity contribution is 5.81. The van der Waals surface area contributed by atoms with Crippen molar-refractivity contribution in [3.63, 3.8) is 0 Å². The lowest BCUT2D eigenvalue weighted by Crippen LogP contribution is -1.87. The van der Waals surface area contributed by atoms with Gasteiger partial charge >= 0.3 is 0 Å². The topological polar surface area (TPSA) is 30.0 Å². The fourth-order valence-electron chi connectivity index (χ4n) is 1.77. The normalized spacial score (nSPS) is 11.5. The first kappa shape index (κ1) is 13.6. The predicted molar refractivity (Wildman–Crippen MR) is 71.7 cm³/mol. The second-order valence-electron chi connectivity index (χ2n) is 4.29. The maximum absolute atomic E-state index is 10.9. The summed E-state index contributed by atoms with van der Waals surface area (Å²) in [5, 5.41) is 0. The zero-order valence-corrected chi connectivity index (χ0v) is 10.6. The number of allylic oxidation sites excluding steroid dienone is 1. The van der Waals surface area contributed by atoms with Gasteiger partial charge in [-0.2, -0.15) is 0 Å². The molecule has 0 bridgehead atoms. The van der Waals surface area contributed by atoms with E-state index in [1.807, 2.05) is 18.2 Å². The van der Waals surface area contributed by atoms with Gasteiger partial charge in [0.25, 0.3) is 0 Å². The minimum atomic E-state index is 0.870. The van der Waals surface area contributed by atoms with Gasteiger partial charge in [0.05, 0.1) is 0 Å². The lowest BCUT2D eigenvalue weighted by atomic mass is 10.0. The average molecular weight is 231 g/mol. The lowest BCUT2D eigenvalue weighted by molar-refractivity contribution is -0.105. The van der Waals surface area contributed by atoms with Gasteiger partial charge in [0.2, 0.25) is 0 Å². The molecule has 0 fully saturated rings. The van der Waals surface area contributed by atoms with E-state index in [1.54, 1.807) is 12.4 Å². The number of aromatic nitrogens is 1. The first-order chi connectivity index (χ1) is 8.36. The van der Waals surface area contributed by atoms with E-state index in [2.05, 4.69) is 11.9 Å². The Labute approximate surface area is 104 Å². The maximum atomic E-state index is 10.9. The van der Waals surface area contributed by atoms with E-state index in [4.69, 9.17) is 0 Å². The van der Waals surface area contributed by atoms with Gasteiger partial charge in [-0.15, -0.1) is 0 Å². The molecule has 2 heteroatoms. The largest absolute Gasteiger partial charge is 0.298 e. The number of aldehydes is 1. The maximum Gasteiger partial charge on any atom is 0.146 e. The summed E-state index contributed by atoms with van der Waals surface area (Å²) >= 11 is 0. The van der Waals surface area contributed by atoms with Crippen molar-refractivity contribution in [2.45, 2.75) is 45.4 Å². The van der Waals surface area contributed by atoms with Crippen molar-refractivity contribution in [3.8, 4) is 0 Å². The van der Waals surface area contributed by atoms with Crippen molar-refractivity contribution in [2.24, 2.45) is 0 Å². The lowest BCUT2D eigenvalue weighted by Gasteiger charge is -2.01. The van der Waals surface area contributed by atoms with Gasteiger partial charge in [-0.3, -0.25) is 9.78 Å². The van der Waals surface area contributed by atoms with Crippen molar-refractivity contribution >= 4 is 12.4 Å². The number of carbonyl (C=O) groups excluding carboxylic acids is 1. The van der Waals surface area contributed by atoms with Gasteiger partial charge in [0.1, 0.15) is 6.29 Å². The minimum Gasteiger partial charge on any atom is -0.298 e. The molecule has 0 atom stereocenters. The molecule has 0 aliphatic carbocycles. The minimum absolute atomic E-state index is 0.870. The highest BCUT2D eigenvalue weighted by atomic mass is 16.1. The second-order valence-corrected chi connectivity index (χ2v) is 4.29. The number of pyridine rings is 1. The van der Waals surface area contributed by atoms with E-state index in [0.717, 1.165) is 30.3 Å². The molecule has 1 aromatic rings. The van der Waals surface area contributed by atoms with Crippen LogP contribution in [0.1, 0.15) is 51.0 Å². The van der Waals surface area contributed by atoms with Crippen LogP contribution in [0, 0.1) is 0 Å². The highest BCUT2D eigenvalue weighted by Gasteiger charge is 1.97. The molecule has 1 rings (SSSR count). The van der Waals surface area contributed by atoms with Crippen LogP contribution in [0.3, 0.4) is 0 Å². The molecule has 92 valence electrons. The van der Waals surface area contributed by atoms with E-state index >= 15 is 0 Å². The predicted octanol–water partition coefficient (Wildman–Crippen LogP) is 4.02. The van der Waals surface area contributed by atoms with Crippen molar-refractivity contribution in [1.29, 1.82) is 0 Å². The van der Waals surface area contributed by atoms with E-state index < -0.39 is 0 Å². The summed E-state index contributed by atoms with van der Waals surface area (Å²) in [6.45, 7) is 2.21. The van der Waals surface area contributed by atoms with Crippen LogP contribution >= 0.6 is 0 Å². The Morgan fingerprint density at radius 3 is 2.76 bits per heavy atom. The quantitative estimate of drug-likeness (QED) is 0.384. The van der Waals surface area contributed by atoms with Crippen molar-refractivity contribution in [3.05, 3.63) is 35.7 Å². The Morgan fingerprint density at radius 1 is 1.29 bits per heavy atom. The molecule has 0 aliphatic heterocycles. The van der Waals surface area contributed by atoms with Gasteiger partial charge in [-0.25, -0.2) is 0 Å². The summed E-state index contributed by atoms with van der Waals surface area (Å²) in [6, 6.07) is 3.85. The third-order valence-electron chi connectivity index (χ3n) is 2.76. The van der Waals surface area contributed by atoms with Crippen LogP contribution in [-0.2, 0) is 4.79 Å². The van der Waals surface area contributed by atoms with E-state index in [9.17, 15) is 4.79 Å². The van der Waals surface area contributed by atoms with Crippen LogP contribution in [0.25, 0.3) is 6.08 Å². The third-order valence-corrected chi connectivity index (χ3v) is 2.76. The first-order valence-electron chi connectivity index (χ1n) is 6.42. The SMILES string of the molecule is CCCCCCC/C(C=O)=C\c1cccnc1. The van der Waals surface area contributed by atoms with E-state index in [-0.39, 0.29) is 0 Å². The number of hydrogen-bond donors (Lipinski definition) is 0. The van der Waals surface area contributed by atoms with Crippen LogP contribution in [-0.4, -0.2) is 11.3 Å². The van der Waals surface area contributed by atoms with Gasteiger partial charge in [-0.1, -0.05) is 38.7 Å². The summed E-state index contributed by atoms with van der Waals surface area (Å²) < 4.78 is 0. The van der Waals surface area contributed by atoms with Crippen molar-refractivity contribution in [2.75, 3.05) is 0 Å². The zero-order chi connectivity index (χ0) is 12.3. The van der Waals surface area contributed by atoms with Crippen LogP contribution in [0.4, 0.5) is 0 Å². The number of nitrogens with zero attached hydrogens (tertiary/aromatic N) is 1. The van der Waals surface area contributed by atoms with Crippen LogP contribution < -0.4 is 0 Å². The summed E-state index contributed by atoms with van der Waals surface area (Å²) in [7, 11) is 0. The van der Waals surface area contributed by atoms with Crippen molar-refractivity contribution in [1.82, 2.24) is 4.98 Å². The molecule has 0 saturated heterocycles. The summed E-state index contributed by atoms with van der Waals surface area (Å²) in [6.07, 6.45) is 13.4. The third kappa shape index (κ3) is 6.00. The smallest absolute Gasteiger partial charge is 0.146 e. The summed E-state index contributed by atoms with van der Waals surface area (Å²) in [5.41, 5.74) is 1.87. The Kier molecular flexibility index (Phi) is 6.96. The number of unbranched alkanes of at least 4 members (excludes halogenated alkanes) is 4. The first-order valence-corrected chi connectivity index (χ1v) is 6.42. The number of rotatable bonds is 8. The molecule has 0 amide bonds. The van der Waals surface area contributed by atoms with E-state index in [0.29, 0.717) is 0 Å². The summed E-state index contributed by atoms with van der Waals surface area (Å²) in [4.78, 5) is 15.0. The fraction of sp³-hybridized carbons (Fsp3) is 0.467. The molecular weight excluding hydrogens is 210 g/mol. The molecule has 0 saturated carbocycles. The van der Waals surface area contributed by atoms with Gasteiger partial charge < -0.3 is 0 Å². The Hall–Kier alpha value is -1.44. The number of carbonyl (C=O) groups is 1. The highest BCUT2D eigenvalue weighted by Crippen LogP contribution is 2.12.